The van der Waals surface area contributed by atoms with E-state index in [4.69, 9.17) is 4.74 Å². The summed E-state index contributed by atoms with van der Waals surface area (Å²) in [6.45, 7) is 0.481. The van der Waals surface area contributed by atoms with Crippen LogP contribution in [0.4, 0.5) is 4.39 Å². The second-order valence-electron chi connectivity index (χ2n) is 4.27. The van der Waals surface area contributed by atoms with E-state index < -0.39 is 5.82 Å². The van der Waals surface area contributed by atoms with Crippen LogP contribution < -0.4 is 4.74 Å². The number of methoxy groups -OCH3 is 1. The van der Waals surface area contributed by atoms with Crippen molar-refractivity contribution < 1.29 is 13.9 Å². The molecular formula is C14H13BrFNO2S. The van der Waals surface area contributed by atoms with E-state index in [1.807, 2.05) is 11.4 Å². The number of nitrogens with zero attached hydrogens (tertiary/aromatic N) is 1. The van der Waals surface area contributed by atoms with Crippen LogP contribution >= 0.6 is 27.3 Å². The first kappa shape index (κ1) is 15.0. The molecule has 0 aliphatic rings. The van der Waals surface area contributed by atoms with Gasteiger partial charge in [-0.2, -0.15) is 0 Å². The Morgan fingerprint density at radius 1 is 1.45 bits per heavy atom. The molecule has 6 heteroatoms. The summed E-state index contributed by atoms with van der Waals surface area (Å²) in [6, 6.07) is 6.17. The smallest absolute Gasteiger partial charge is 0.254 e. The minimum atomic E-state index is -0.537. The Bertz CT molecular complexity index is 629. The molecule has 0 spiro atoms. The van der Waals surface area contributed by atoms with E-state index in [1.165, 1.54) is 19.2 Å². The van der Waals surface area contributed by atoms with Crippen LogP contribution in [0.3, 0.4) is 0 Å². The number of amides is 1. The van der Waals surface area contributed by atoms with Gasteiger partial charge in [-0.05, 0) is 51.1 Å². The van der Waals surface area contributed by atoms with Crippen LogP contribution in [0.2, 0.25) is 0 Å². The minimum Gasteiger partial charge on any atom is -0.494 e. The summed E-state index contributed by atoms with van der Waals surface area (Å²) in [4.78, 5) is 13.8. The number of carbonyl (C=O) groups is 1. The van der Waals surface area contributed by atoms with Crippen LogP contribution in [0.1, 0.15) is 15.9 Å². The fraction of sp³-hybridized carbons (Fsp3) is 0.214. The number of ether oxygens (including phenoxy) is 1. The van der Waals surface area contributed by atoms with E-state index in [1.54, 1.807) is 29.4 Å². The molecule has 106 valence electrons. The third-order valence-corrected chi connectivity index (χ3v) is 4.34. The average molecular weight is 358 g/mol. The fourth-order valence-corrected chi connectivity index (χ4v) is 2.99. The highest BCUT2D eigenvalue weighted by molar-refractivity contribution is 9.11. The van der Waals surface area contributed by atoms with Gasteiger partial charge in [0.1, 0.15) is 0 Å². The van der Waals surface area contributed by atoms with Crippen molar-refractivity contribution in [1.29, 1.82) is 0 Å². The summed E-state index contributed by atoms with van der Waals surface area (Å²) in [5, 5.41) is 1.97. The summed E-state index contributed by atoms with van der Waals surface area (Å²) in [5.74, 6) is -0.634. The van der Waals surface area contributed by atoms with Crippen LogP contribution in [0.5, 0.6) is 5.75 Å². The molecule has 1 heterocycles. The van der Waals surface area contributed by atoms with E-state index in [0.29, 0.717) is 12.1 Å². The number of halogens is 2. The molecule has 0 N–H and O–H groups in total. The van der Waals surface area contributed by atoms with Gasteiger partial charge in [-0.15, -0.1) is 11.3 Å². The van der Waals surface area contributed by atoms with Gasteiger partial charge in [0.2, 0.25) is 0 Å². The number of hydrogen-bond donors (Lipinski definition) is 0. The van der Waals surface area contributed by atoms with Crippen LogP contribution in [0.25, 0.3) is 0 Å². The number of thiophene rings is 1. The number of hydrogen-bond acceptors (Lipinski definition) is 3. The fourth-order valence-electron chi connectivity index (χ4n) is 1.79. The van der Waals surface area contributed by atoms with Crippen LogP contribution in [-0.2, 0) is 6.54 Å². The summed E-state index contributed by atoms with van der Waals surface area (Å²) in [5.41, 5.74) is 1.34. The lowest BCUT2D eigenvalue weighted by atomic mass is 10.1. The quantitative estimate of drug-likeness (QED) is 0.829. The van der Waals surface area contributed by atoms with Crippen molar-refractivity contribution in [3.8, 4) is 5.75 Å². The first-order chi connectivity index (χ1) is 9.51. The molecule has 1 aromatic carbocycles. The largest absolute Gasteiger partial charge is 0.494 e. The molecule has 0 bridgehead atoms. The van der Waals surface area contributed by atoms with Crippen LogP contribution in [0.15, 0.2) is 33.4 Å². The van der Waals surface area contributed by atoms with Crippen molar-refractivity contribution in [1.82, 2.24) is 4.90 Å². The number of carbonyl (C=O) groups excluding carboxylic acids is 1. The third kappa shape index (κ3) is 3.37. The van der Waals surface area contributed by atoms with Crippen LogP contribution in [0, 0.1) is 5.82 Å². The van der Waals surface area contributed by atoms with Gasteiger partial charge in [0.25, 0.3) is 5.91 Å². The highest BCUT2D eigenvalue weighted by Gasteiger charge is 2.15. The van der Waals surface area contributed by atoms with Gasteiger partial charge >= 0.3 is 0 Å². The maximum Gasteiger partial charge on any atom is 0.254 e. The maximum absolute atomic E-state index is 13.6. The molecular weight excluding hydrogens is 345 g/mol. The molecule has 20 heavy (non-hydrogen) atoms. The second kappa shape index (κ2) is 6.37. The lowest BCUT2D eigenvalue weighted by molar-refractivity contribution is 0.0784. The van der Waals surface area contributed by atoms with E-state index in [-0.39, 0.29) is 11.7 Å². The average Bonchev–Trinajstić information content (AvgIpc) is 2.83. The Hall–Kier alpha value is -1.40. The van der Waals surface area contributed by atoms with Gasteiger partial charge in [0.05, 0.1) is 10.9 Å². The Morgan fingerprint density at radius 2 is 2.20 bits per heavy atom. The molecule has 0 radical (unpaired) electrons. The van der Waals surface area contributed by atoms with E-state index in [9.17, 15) is 9.18 Å². The zero-order valence-electron chi connectivity index (χ0n) is 11.0. The molecule has 0 aliphatic heterocycles. The zero-order chi connectivity index (χ0) is 14.7. The van der Waals surface area contributed by atoms with Gasteiger partial charge in [-0.25, -0.2) is 4.39 Å². The molecule has 0 saturated carbocycles. The molecule has 2 aromatic rings. The molecule has 2 rings (SSSR count). The Labute approximate surface area is 129 Å². The first-order valence-electron chi connectivity index (χ1n) is 5.83. The van der Waals surface area contributed by atoms with Crippen molar-refractivity contribution in [2.45, 2.75) is 6.54 Å². The lowest BCUT2D eigenvalue weighted by Gasteiger charge is -2.16. The van der Waals surface area contributed by atoms with Crippen molar-refractivity contribution in [3.63, 3.8) is 0 Å². The molecule has 0 unspecified atom stereocenters. The summed E-state index contributed by atoms with van der Waals surface area (Å²) in [6.07, 6.45) is 0. The second-order valence-corrected chi connectivity index (χ2v) is 6.56. The Morgan fingerprint density at radius 3 is 2.75 bits per heavy atom. The number of rotatable bonds is 4. The predicted octanol–water partition coefficient (Wildman–Crippen LogP) is 3.93. The molecule has 0 saturated heterocycles. The summed E-state index contributed by atoms with van der Waals surface area (Å²) >= 11 is 4.94. The highest BCUT2D eigenvalue weighted by Crippen LogP contribution is 2.22. The highest BCUT2D eigenvalue weighted by atomic mass is 79.9. The predicted molar refractivity (Wildman–Crippen MR) is 80.8 cm³/mol. The standard InChI is InChI=1S/C14H13BrFNO2S/c1-17(7-9-5-13(15)20-8-9)14(18)10-3-4-12(19-2)11(16)6-10/h3-6,8H,7H2,1-2H3. The van der Waals surface area contributed by atoms with Crippen molar-refractivity contribution in [2.75, 3.05) is 14.2 Å². The van der Waals surface area contributed by atoms with Crippen molar-refractivity contribution in [2.24, 2.45) is 0 Å². The van der Waals surface area contributed by atoms with E-state index in [2.05, 4.69) is 15.9 Å². The van der Waals surface area contributed by atoms with Gasteiger partial charge in [0.15, 0.2) is 11.6 Å². The molecule has 0 atom stereocenters. The lowest BCUT2D eigenvalue weighted by Crippen LogP contribution is -2.26. The van der Waals surface area contributed by atoms with E-state index in [0.717, 1.165) is 9.35 Å². The molecule has 1 amide bonds. The SMILES string of the molecule is COc1ccc(C(=O)N(C)Cc2csc(Br)c2)cc1F. The topological polar surface area (TPSA) is 29.5 Å². The van der Waals surface area contributed by atoms with Crippen LogP contribution in [-0.4, -0.2) is 25.0 Å². The number of benzene rings is 1. The monoisotopic (exact) mass is 357 g/mol. The normalized spacial score (nSPS) is 10.4. The van der Waals surface area contributed by atoms with Gasteiger partial charge in [-0.1, -0.05) is 0 Å². The Balaban J connectivity index is 2.12. The molecule has 0 aliphatic carbocycles. The van der Waals surface area contributed by atoms with Crippen molar-refractivity contribution >= 4 is 33.2 Å². The minimum absolute atomic E-state index is 0.131. The summed E-state index contributed by atoms with van der Waals surface area (Å²) in [7, 11) is 3.08. The van der Waals surface area contributed by atoms with Crippen molar-refractivity contribution in [3.05, 3.63) is 50.4 Å². The Kier molecular flexibility index (Phi) is 4.77. The molecule has 1 aromatic heterocycles. The summed E-state index contributed by atoms with van der Waals surface area (Å²) < 4.78 is 19.5. The molecule has 0 fully saturated rings. The van der Waals surface area contributed by atoms with Gasteiger partial charge in [-0.3, -0.25) is 4.79 Å². The van der Waals surface area contributed by atoms with Gasteiger partial charge < -0.3 is 9.64 Å². The van der Waals surface area contributed by atoms with E-state index >= 15 is 0 Å². The third-order valence-electron chi connectivity index (χ3n) is 2.79. The maximum atomic E-state index is 13.6. The first-order valence-corrected chi connectivity index (χ1v) is 7.50. The zero-order valence-corrected chi connectivity index (χ0v) is 13.4. The van der Waals surface area contributed by atoms with Gasteiger partial charge in [0, 0.05) is 19.2 Å². The molecule has 3 nitrogen and oxygen atoms in total.